The molecule has 4 rings (SSSR count). The first-order valence-electron chi connectivity index (χ1n) is 11.1. The average molecular weight is 419 g/mol. The third kappa shape index (κ3) is 5.23. The molecule has 0 atom stereocenters. The highest BCUT2D eigenvalue weighted by Crippen LogP contribution is 2.37. The monoisotopic (exact) mass is 418 g/mol. The number of benzene rings is 2. The predicted molar refractivity (Wildman–Crippen MR) is 122 cm³/mol. The number of nitrogens with zero attached hydrogens (tertiary/aromatic N) is 2. The quantitative estimate of drug-likeness (QED) is 0.529. The van der Waals surface area contributed by atoms with Crippen LogP contribution in [0.5, 0.6) is 0 Å². The summed E-state index contributed by atoms with van der Waals surface area (Å²) in [7, 11) is 0. The van der Waals surface area contributed by atoms with E-state index in [1.807, 2.05) is 12.1 Å². The SMILES string of the molecule is Cc1nn(C[C@H]2CC[C@H](COCC(=O)O)CC2)c(-c2ccccc2)c1-c1ccccc1. The minimum Gasteiger partial charge on any atom is -0.480 e. The summed E-state index contributed by atoms with van der Waals surface area (Å²) >= 11 is 0. The Balaban J connectivity index is 1.52. The number of rotatable bonds is 8. The first-order valence-corrected chi connectivity index (χ1v) is 11.1. The fourth-order valence-corrected chi connectivity index (χ4v) is 4.69. The van der Waals surface area contributed by atoms with Gasteiger partial charge in [-0.05, 0) is 50.0 Å². The van der Waals surface area contributed by atoms with Crippen LogP contribution in [0.1, 0.15) is 31.4 Å². The summed E-state index contributed by atoms with van der Waals surface area (Å²) in [6.07, 6.45) is 4.40. The largest absolute Gasteiger partial charge is 0.480 e. The molecule has 1 saturated carbocycles. The standard InChI is InChI=1S/C26H30N2O3/c1-19-25(22-8-4-2-5-9-22)26(23-10-6-3-7-11-23)28(27-19)16-20-12-14-21(15-13-20)17-31-18-24(29)30/h2-11,20-21H,12-18H2,1H3,(H,29,30)/t20-,21-. The zero-order chi connectivity index (χ0) is 21.6. The van der Waals surface area contributed by atoms with Gasteiger partial charge in [0.15, 0.2) is 0 Å². The van der Waals surface area contributed by atoms with Gasteiger partial charge in [0.1, 0.15) is 6.61 Å². The van der Waals surface area contributed by atoms with Crippen LogP contribution in [0.3, 0.4) is 0 Å². The molecule has 1 heterocycles. The molecule has 31 heavy (non-hydrogen) atoms. The highest BCUT2D eigenvalue weighted by molar-refractivity contribution is 5.82. The fraction of sp³-hybridized carbons (Fsp3) is 0.385. The minimum atomic E-state index is -0.898. The third-order valence-corrected chi connectivity index (χ3v) is 6.21. The Morgan fingerprint density at radius 3 is 2.16 bits per heavy atom. The molecular weight excluding hydrogens is 388 g/mol. The van der Waals surface area contributed by atoms with E-state index < -0.39 is 5.97 Å². The van der Waals surface area contributed by atoms with Gasteiger partial charge in [0.05, 0.1) is 18.0 Å². The average Bonchev–Trinajstić information content (AvgIpc) is 3.11. The van der Waals surface area contributed by atoms with Crippen molar-refractivity contribution >= 4 is 5.97 Å². The molecule has 1 aliphatic rings. The number of hydrogen-bond donors (Lipinski definition) is 1. The molecule has 0 unspecified atom stereocenters. The third-order valence-electron chi connectivity index (χ3n) is 6.21. The maximum atomic E-state index is 10.6. The Kier molecular flexibility index (Phi) is 6.82. The Hall–Kier alpha value is -2.92. The van der Waals surface area contributed by atoms with Gasteiger partial charge in [-0.25, -0.2) is 4.79 Å². The van der Waals surface area contributed by atoms with E-state index >= 15 is 0 Å². The number of aliphatic carboxylic acids is 1. The summed E-state index contributed by atoms with van der Waals surface area (Å²) in [6, 6.07) is 21.1. The van der Waals surface area contributed by atoms with Crippen molar-refractivity contribution in [3.8, 4) is 22.4 Å². The molecule has 0 aliphatic heterocycles. The molecule has 162 valence electrons. The number of carboxylic acid groups (broad SMARTS) is 1. The second-order valence-electron chi connectivity index (χ2n) is 8.52. The van der Waals surface area contributed by atoms with Crippen molar-refractivity contribution in [2.45, 2.75) is 39.2 Å². The molecule has 1 aromatic heterocycles. The van der Waals surface area contributed by atoms with Crippen molar-refractivity contribution in [2.24, 2.45) is 11.8 Å². The topological polar surface area (TPSA) is 64.4 Å². The van der Waals surface area contributed by atoms with Gasteiger partial charge in [-0.1, -0.05) is 60.7 Å². The van der Waals surface area contributed by atoms with Crippen molar-refractivity contribution in [2.75, 3.05) is 13.2 Å². The molecule has 0 radical (unpaired) electrons. The van der Waals surface area contributed by atoms with Crippen LogP contribution < -0.4 is 0 Å². The van der Waals surface area contributed by atoms with Crippen molar-refractivity contribution in [3.05, 3.63) is 66.4 Å². The zero-order valence-electron chi connectivity index (χ0n) is 18.0. The van der Waals surface area contributed by atoms with E-state index in [-0.39, 0.29) is 6.61 Å². The van der Waals surface area contributed by atoms with Gasteiger partial charge in [0.25, 0.3) is 0 Å². The lowest BCUT2D eigenvalue weighted by Crippen LogP contribution is -2.23. The molecule has 5 heteroatoms. The number of aryl methyl sites for hydroxylation is 1. The lowest BCUT2D eigenvalue weighted by Gasteiger charge is -2.28. The van der Waals surface area contributed by atoms with E-state index in [1.54, 1.807) is 0 Å². The number of carboxylic acids is 1. The van der Waals surface area contributed by atoms with Crippen molar-refractivity contribution in [1.82, 2.24) is 9.78 Å². The molecule has 0 bridgehead atoms. The molecular formula is C26H30N2O3. The van der Waals surface area contributed by atoms with Crippen LogP contribution in [0.4, 0.5) is 0 Å². The zero-order valence-corrected chi connectivity index (χ0v) is 18.0. The van der Waals surface area contributed by atoms with Gasteiger partial charge in [-0.2, -0.15) is 5.10 Å². The maximum Gasteiger partial charge on any atom is 0.329 e. The smallest absolute Gasteiger partial charge is 0.329 e. The van der Waals surface area contributed by atoms with Crippen LogP contribution in [0.25, 0.3) is 22.4 Å². The Morgan fingerprint density at radius 2 is 1.55 bits per heavy atom. The van der Waals surface area contributed by atoms with Crippen molar-refractivity contribution in [3.63, 3.8) is 0 Å². The number of aromatic nitrogens is 2. The van der Waals surface area contributed by atoms with Gasteiger partial charge in [-0.15, -0.1) is 0 Å². The van der Waals surface area contributed by atoms with Gasteiger partial charge >= 0.3 is 5.97 Å². The van der Waals surface area contributed by atoms with Gasteiger partial charge < -0.3 is 9.84 Å². The van der Waals surface area contributed by atoms with Crippen LogP contribution >= 0.6 is 0 Å². The van der Waals surface area contributed by atoms with Crippen LogP contribution in [0.2, 0.25) is 0 Å². The molecule has 2 aromatic carbocycles. The number of hydrogen-bond acceptors (Lipinski definition) is 3. The molecule has 5 nitrogen and oxygen atoms in total. The summed E-state index contributed by atoms with van der Waals surface area (Å²) in [5.41, 5.74) is 5.85. The van der Waals surface area contributed by atoms with Crippen LogP contribution in [0.15, 0.2) is 60.7 Å². The Morgan fingerprint density at radius 1 is 0.968 bits per heavy atom. The first-order chi connectivity index (χ1) is 15.1. The van der Waals surface area contributed by atoms with Crippen LogP contribution in [-0.4, -0.2) is 34.1 Å². The molecule has 1 aliphatic carbocycles. The molecule has 0 amide bonds. The van der Waals surface area contributed by atoms with E-state index in [4.69, 9.17) is 14.9 Å². The fourth-order valence-electron chi connectivity index (χ4n) is 4.69. The van der Waals surface area contributed by atoms with Crippen molar-refractivity contribution in [1.29, 1.82) is 0 Å². The maximum absolute atomic E-state index is 10.6. The summed E-state index contributed by atoms with van der Waals surface area (Å²) < 4.78 is 7.52. The second-order valence-corrected chi connectivity index (χ2v) is 8.52. The summed E-state index contributed by atoms with van der Waals surface area (Å²) in [6.45, 7) is 3.35. The van der Waals surface area contributed by atoms with Gasteiger partial charge in [0, 0.05) is 17.7 Å². The van der Waals surface area contributed by atoms with Crippen LogP contribution in [0, 0.1) is 18.8 Å². The summed E-state index contributed by atoms with van der Waals surface area (Å²) in [5, 5.41) is 13.7. The highest BCUT2D eigenvalue weighted by atomic mass is 16.5. The molecule has 0 spiro atoms. The predicted octanol–water partition coefficient (Wildman–Crippen LogP) is 5.43. The van der Waals surface area contributed by atoms with E-state index in [2.05, 4.69) is 60.1 Å². The number of carbonyl (C=O) groups is 1. The van der Waals surface area contributed by atoms with E-state index in [0.717, 1.165) is 37.9 Å². The lowest BCUT2D eigenvalue weighted by atomic mass is 9.82. The minimum absolute atomic E-state index is 0.199. The highest BCUT2D eigenvalue weighted by Gasteiger charge is 2.25. The Bertz CT molecular complexity index is 990. The van der Waals surface area contributed by atoms with Gasteiger partial charge in [0.2, 0.25) is 0 Å². The summed E-state index contributed by atoms with van der Waals surface area (Å²) in [5.74, 6) is 0.134. The van der Waals surface area contributed by atoms with Crippen molar-refractivity contribution < 1.29 is 14.6 Å². The second kappa shape index (κ2) is 9.92. The molecule has 0 saturated heterocycles. The van der Waals surface area contributed by atoms with E-state index in [0.29, 0.717) is 18.4 Å². The first kappa shape index (κ1) is 21.3. The van der Waals surface area contributed by atoms with Gasteiger partial charge in [-0.3, -0.25) is 4.68 Å². The molecule has 3 aromatic rings. The van der Waals surface area contributed by atoms with E-state index in [1.165, 1.54) is 22.4 Å². The normalized spacial score (nSPS) is 18.7. The van der Waals surface area contributed by atoms with E-state index in [9.17, 15) is 4.79 Å². The van der Waals surface area contributed by atoms with Crippen LogP contribution in [-0.2, 0) is 16.1 Å². The molecule has 1 N–H and O–H groups in total. The number of ether oxygens (including phenoxy) is 1. The molecule has 1 fully saturated rings. The summed E-state index contributed by atoms with van der Waals surface area (Å²) in [4.78, 5) is 10.6. The lowest BCUT2D eigenvalue weighted by molar-refractivity contribution is -0.142. The Labute approximate surface area is 183 Å².